The van der Waals surface area contributed by atoms with Crippen LogP contribution >= 0.6 is 0 Å². The van der Waals surface area contributed by atoms with Gasteiger partial charge in [0.05, 0.1) is 0 Å². The highest BCUT2D eigenvalue weighted by molar-refractivity contribution is 5.92. The van der Waals surface area contributed by atoms with Crippen LogP contribution in [0.3, 0.4) is 0 Å². The molecule has 0 spiro atoms. The van der Waals surface area contributed by atoms with Gasteiger partial charge in [-0.25, -0.2) is 9.97 Å². The third-order valence-electron chi connectivity index (χ3n) is 4.81. The van der Waals surface area contributed by atoms with E-state index in [1.165, 1.54) is 0 Å². The van der Waals surface area contributed by atoms with Gasteiger partial charge in [0.25, 0.3) is 5.91 Å². The van der Waals surface area contributed by atoms with E-state index >= 15 is 0 Å². The normalized spacial score (nSPS) is 18.9. The Morgan fingerprint density at radius 1 is 1.15 bits per heavy atom. The molecule has 1 unspecified atom stereocenters. The number of aryl methyl sites for hydroxylation is 2. The van der Waals surface area contributed by atoms with Gasteiger partial charge in [-0.2, -0.15) is 0 Å². The van der Waals surface area contributed by atoms with E-state index in [2.05, 4.69) is 15.3 Å². The number of anilines is 1. The number of nitrogens with zero attached hydrogens (tertiary/aromatic N) is 3. The summed E-state index contributed by atoms with van der Waals surface area (Å²) in [4.78, 5) is 23.3. The predicted molar refractivity (Wildman–Crippen MR) is 101 cm³/mol. The zero-order valence-electron chi connectivity index (χ0n) is 15.7. The molecule has 1 saturated heterocycles. The molecule has 2 aliphatic rings. The number of aromatic nitrogens is 2. The maximum atomic E-state index is 12.9. The molecular weight excluding hydrogens is 344 g/mol. The standard InChI is InChI=1S/C20H24N4O3/c1-13-10-17(22-14(2)21-13)20(25)24-7-3-4-16(12-24)23-15-5-6-18-19(11-15)27-9-8-26-18/h5-6,10-11,16,23H,3-4,7-9,12H2,1-2H3. The fraction of sp³-hybridized carbons (Fsp3) is 0.450. The third-order valence-corrected chi connectivity index (χ3v) is 4.81. The topological polar surface area (TPSA) is 76.6 Å². The van der Waals surface area contributed by atoms with E-state index < -0.39 is 0 Å². The van der Waals surface area contributed by atoms with Crippen molar-refractivity contribution in [1.29, 1.82) is 0 Å². The molecule has 0 bridgehead atoms. The Kier molecular flexibility index (Phi) is 4.83. The first-order valence-corrected chi connectivity index (χ1v) is 9.36. The molecule has 4 rings (SSSR count). The number of ether oxygens (including phenoxy) is 2. The van der Waals surface area contributed by atoms with Crippen molar-refractivity contribution in [3.63, 3.8) is 0 Å². The number of amides is 1. The molecule has 27 heavy (non-hydrogen) atoms. The van der Waals surface area contributed by atoms with Crippen molar-refractivity contribution in [2.45, 2.75) is 32.7 Å². The van der Waals surface area contributed by atoms with Gasteiger partial charge in [0.2, 0.25) is 0 Å². The summed E-state index contributed by atoms with van der Waals surface area (Å²) in [5.41, 5.74) is 2.26. The van der Waals surface area contributed by atoms with Gasteiger partial charge >= 0.3 is 0 Å². The van der Waals surface area contributed by atoms with Gasteiger partial charge < -0.3 is 19.7 Å². The highest BCUT2D eigenvalue weighted by atomic mass is 16.6. The van der Waals surface area contributed by atoms with E-state index in [0.717, 1.165) is 42.3 Å². The van der Waals surface area contributed by atoms with Crippen LogP contribution in [0.5, 0.6) is 11.5 Å². The number of rotatable bonds is 3. The van der Waals surface area contributed by atoms with E-state index in [1.54, 1.807) is 6.07 Å². The van der Waals surface area contributed by atoms with Crippen molar-refractivity contribution >= 4 is 11.6 Å². The molecule has 1 aromatic heterocycles. The quantitative estimate of drug-likeness (QED) is 0.897. The average Bonchev–Trinajstić information content (AvgIpc) is 2.67. The van der Waals surface area contributed by atoms with E-state index in [1.807, 2.05) is 36.9 Å². The second-order valence-electron chi connectivity index (χ2n) is 7.03. The number of carbonyl (C=O) groups excluding carboxylic acids is 1. The zero-order chi connectivity index (χ0) is 18.8. The molecule has 2 aromatic rings. The minimum atomic E-state index is -0.0303. The number of carbonyl (C=O) groups is 1. The van der Waals surface area contributed by atoms with E-state index in [-0.39, 0.29) is 11.9 Å². The highest BCUT2D eigenvalue weighted by Crippen LogP contribution is 2.33. The van der Waals surface area contributed by atoms with Gasteiger partial charge in [-0.05, 0) is 44.9 Å². The zero-order valence-corrected chi connectivity index (χ0v) is 15.7. The number of nitrogens with one attached hydrogen (secondary N) is 1. The molecule has 1 N–H and O–H groups in total. The average molecular weight is 368 g/mol. The largest absolute Gasteiger partial charge is 0.486 e. The number of hydrogen-bond acceptors (Lipinski definition) is 6. The summed E-state index contributed by atoms with van der Waals surface area (Å²) in [5, 5.41) is 3.53. The molecule has 1 amide bonds. The summed E-state index contributed by atoms with van der Waals surface area (Å²) in [6.45, 7) is 6.25. The summed E-state index contributed by atoms with van der Waals surface area (Å²) in [5.74, 6) is 2.14. The van der Waals surface area contributed by atoms with Gasteiger partial charge in [-0.3, -0.25) is 4.79 Å². The van der Waals surface area contributed by atoms with Crippen molar-refractivity contribution in [1.82, 2.24) is 14.9 Å². The lowest BCUT2D eigenvalue weighted by atomic mass is 10.0. The van der Waals surface area contributed by atoms with Crippen LogP contribution in [0.2, 0.25) is 0 Å². The third kappa shape index (κ3) is 3.97. The molecular formula is C20H24N4O3. The lowest BCUT2D eigenvalue weighted by Crippen LogP contribution is -2.45. The Morgan fingerprint density at radius 2 is 1.96 bits per heavy atom. The van der Waals surface area contributed by atoms with Crippen molar-refractivity contribution in [3.8, 4) is 11.5 Å². The number of likely N-dealkylation sites (tertiary alicyclic amines) is 1. The molecule has 1 fully saturated rings. The monoisotopic (exact) mass is 368 g/mol. The van der Waals surface area contributed by atoms with Crippen molar-refractivity contribution in [2.24, 2.45) is 0 Å². The van der Waals surface area contributed by atoms with Gasteiger partial charge in [-0.1, -0.05) is 0 Å². The van der Waals surface area contributed by atoms with Gasteiger partial charge in [-0.15, -0.1) is 0 Å². The Bertz CT molecular complexity index is 835. The molecule has 142 valence electrons. The van der Waals surface area contributed by atoms with E-state index in [4.69, 9.17) is 9.47 Å². The smallest absolute Gasteiger partial charge is 0.272 e. The lowest BCUT2D eigenvalue weighted by molar-refractivity contribution is 0.0708. The fourth-order valence-corrected chi connectivity index (χ4v) is 3.64. The predicted octanol–water partition coefficient (Wildman–Crippen LogP) is 2.58. The molecule has 0 radical (unpaired) electrons. The van der Waals surface area contributed by atoms with E-state index in [9.17, 15) is 4.79 Å². The van der Waals surface area contributed by atoms with Crippen LogP contribution in [0, 0.1) is 13.8 Å². The summed E-state index contributed by atoms with van der Waals surface area (Å²) in [6.07, 6.45) is 1.97. The maximum Gasteiger partial charge on any atom is 0.272 e. The Balaban J connectivity index is 1.44. The Morgan fingerprint density at radius 3 is 2.78 bits per heavy atom. The maximum absolute atomic E-state index is 12.9. The van der Waals surface area contributed by atoms with Crippen LogP contribution in [0.25, 0.3) is 0 Å². The molecule has 7 nitrogen and oxygen atoms in total. The van der Waals surface area contributed by atoms with Crippen molar-refractivity contribution in [3.05, 3.63) is 41.5 Å². The Hall–Kier alpha value is -2.83. The minimum absolute atomic E-state index is 0.0303. The van der Waals surface area contributed by atoms with Crippen LogP contribution in [0.1, 0.15) is 34.8 Å². The van der Waals surface area contributed by atoms with Gasteiger partial charge in [0, 0.05) is 36.6 Å². The molecule has 3 heterocycles. The van der Waals surface area contributed by atoms with Crippen LogP contribution < -0.4 is 14.8 Å². The second kappa shape index (κ2) is 7.42. The van der Waals surface area contributed by atoms with Gasteiger partial charge in [0.1, 0.15) is 24.7 Å². The molecule has 1 atom stereocenters. The first-order valence-electron chi connectivity index (χ1n) is 9.36. The Labute approximate surface area is 158 Å². The van der Waals surface area contributed by atoms with Crippen LogP contribution in [-0.4, -0.2) is 53.1 Å². The highest BCUT2D eigenvalue weighted by Gasteiger charge is 2.26. The fourth-order valence-electron chi connectivity index (χ4n) is 3.64. The first kappa shape index (κ1) is 17.6. The minimum Gasteiger partial charge on any atom is -0.486 e. The van der Waals surface area contributed by atoms with Crippen molar-refractivity contribution in [2.75, 3.05) is 31.6 Å². The van der Waals surface area contributed by atoms with Crippen LogP contribution in [0.15, 0.2) is 24.3 Å². The van der Waals surface area contributed by atoms with Gasteiger partial charge in [0.15, 0.2) is 11.5 Å². The molecule has 1 aromatic carbocycles. The summed E-state index contributed by atoms with van der Waals surface area (Å²) >= 11 is 0. The first-order chi connectivity index (χ1) is 13.1. The van der Waals surface area contributed by atoms with Crippen LogP contribution in [0.4, 0.5) is 5.69 Å². The molecule has 0 aliphatic carbocycles. The SMILES string of the molecule is Cc1cc(C(=O)N2CCCC(Nc3ccc4c(c3)OCCO4)C2)nc(C)n1. The molecule has 2 aliphatic heterocycles. The van der Waals surface area contributed by atoms with E-state index in [0.29, 0.717) is 31.3 Å². The molecule has 7 heteroatoms. The number of fused-ring (bicyclic) bond motifs is 1. The second-order valence-corrected chi connectivity index (χ2v) is 7.03. The van der Waals surface area contributed by atoms with Crippen molar-refractivity contribution < 1.29 is 14.3 Å². The summed E-state index contributed by atoms with van der Waals surface area (Å²) in [7, 11) is 0. The summed E-state index contributed by atoms with van der Waals surface area (Å²) < 4.78 is 11.2. The lowest BCUT2D eigenvalue weighted by Gasteiger charge is -2.33. The number of benzene rings is 1. The molecule has 0 saturated carbocycles. The summed E-state index contributed by atoms with van der Waals surface area (Å²) in [6, 6.07) is 7.83. The number of piperidine rings is 1. The van der Waals surface area contributed by atoms with Crippen LogP contribution in [-0.2, 0) is 0 Å². The number of hydrogen-bond donors (Lipinski definition) is 1.